The van der Waals surface area contributed by atoms with Crippen molar-refractivity contribution in [3.63, 3.8) is 0 Å². The number of sulfonamides is 1. The van der Waals surface area contributed by atoms with Gasteiger partial charge in [0, 0.05) is 67.8 Å². The number of ether oxygens (including phenoxy) is 2. The summed E-state index contributed by atoms with van der Waals surface area (Å²) in [7, 11) is -4.28. The zero-order valence-electron chi connectivity index (χ0n) is 33.5. The number of carbonyl (C=O) groups is 4. The van der Waals surface area contributed by atoms with Gasteiger partial charge in [-0.25, -0.2) is 17.7 Å². The Morgan fingerprint density at radius 1 is 0.983 bits per heavy atom. The maximum Gasteiger partial charge on any atom is 0.269 e. The van der Waals surface area contributed by atoms with Crippen molar-refractivity contribution in [2.75, 3.05) is 44.2 Å². The van der Waals surface area contributed by atoms with Gasteiger partial charge in [-0.2, -0.15) is 5.26 Å². The van der Waals surface area contributed by atoms with Crippen molar-refractivity contribution in [1.29, 1.82) is 5.26 Å². The highest BCUT2D eigenvalue weighted by Crippen LogP contribution is 2.55. The van der Waals surface area contributed by atoms with Crippen LogP contribution in [0, 0.1) is 22.2 Å². The zero-order valence-corrected chi connectivity index (χ0v) is 35.1. The molecule has 1 atom stereocenters. The minimum Gasteiger partial charge on any atom is -0.494 e. The lowest BCUT2D eigenvalue weighted by molar-refractivity contribution is -0.164. The fraction of sp³-hybridized carbons (Fsp3) is 0.476. The van der Waals surface area contributed by atoms with E-state index in [2.05, 4.69) is 59.2 Å². The van der Waals surface area contributed by atoms with Crippen LogP contribution in [0.1, 0.15) is 86.1 Å². The summed E-state index contributed by atoms with van der Waals surface area (Å²) >= 11 is 6.23. The highest BCUT2D eigenvalue weighted by molar-refractivity contribution is 7.90. The number of hydrogen-bond acceptors (Lipinski definition) is 12. The molecule has 2 aromatic carbocycles. The van der Waals surface area contributed by atoms with Crippen LogP contribution < -0.4 is 25.0 Å². The minimum atomic E-state index is -4.28. The molecule has 4 aliphatic rings. The molecule has 1 aromatic heterocycles. The number of nitriles is 1. The molecule has 3 fully saturated rings. The van der Waals surface area contributed by atoms with Gasteiger partial charge in [-0.3, -0.25) is 29.4 Å². The Balaban J connectivity index is 0.816. The molecule has 17 heteroatoms. The van der Waals surface area contributed by atoms with Gasteiger partial charge in [0.2, 0.25) is 5.91 Å². The summed E-state index contributed by atoms with van der Waals surface area (Å²) in [6, 6.07) is 13.6. The number of amides is 4. The van der Waals surface area contributed by atoms with Crippen LogP contribution in [0.25, 0.3) is 0 Å². The predicted molar refractivity (Wildman–Crippen MR) is 218 cm³/mol. The van der Waals surface area contributed by atoms with Crippen LogP contribution >= 0.6 is 11.6 Å². The Kier molecular flexibility index (Phi) is 11.7. The van der Waals surface area contributed by atoms with Crippen LogP contribution in [0.2, 0.25) is 5.02 Å². The normalized spacial score (nSPS) is 23.1. The molecule has 2 saturated heterocycles. The van der Waals surface area contributed by atoms with E-state index in [1.165, 1.54) is 12.1 Å². The number of nitrogens with one attached hydrogen (secondary N) is 2. The monoisotopic (exact) mass is 845 g/mol. The zero-order chi connectivity index (χ0) is 42.3. The molecule has 1 aliphatic carbocycles. The molecule has 1 saturated carbocycles. The Morgan fingerprint density at radius 2 is 1.71 bits per heavy atom. The van der Waals surface area contributed by atoms with Crippen LogP contribution in [0.5, 0.6) is 11.5 Å². The minimum absolute atomic E-state index is 0.0225. The third-order valence-corrected chi connectivity index (χ3v) is 14.1. The average molecular weight is 846 g/mol. The topological polar surface area (TPSA) is 191 Å². The number of piperidine rings is 1. The smallest absolute Gasteiger partial charge is 0.269 e. The first kappa shape index (κ1) is 41.9. The van der Waals surface area contributed by atoms with E-state index in [0.717, 1.165) is 57.8 Å². The Hall–Kier alpha value is -5.24. The number of unbranched alkanes of at least 4 members (excludes halogenated alkanes) is 2. The molecule has 59 heavy (non-hydrogen) atoms. The van der Waals surface area contributed by atoms with Crippen molar-refractivity contribution >= 4 is 51.1 Å². The third-order valence-electron chi connectivity index (χ3n) is 11.9. The number of halogens is 1. The molecule has 0 radical (unpaired) electrons. The maximum absolute atomic E-state index is 13.4. The van der Waals surface area contributed by atoms with Crippen LogP contribution in [0.4, 0.5) is 5.82 Å². The Bertz CT molecular complexity index is 2290. The van der Waals surface area contributed by atoms with Crippen molar-refractivity contribution < 1.29 is 37.1 Å². The van der Waals surface area contributed by atoms with E-state index in [-0.39, 0.29) is 52.2 Å². The SMILES string of the molecule is CC1(C)C(NC(=O)c2ccc(N3CCN(CCCCCOc4ccc5c(c4)S(=O)(=O)N([C@@H]4CCC(=O)NC4=O)C5=O)CC3)nc2)C(C)(C)C1Oc1ccc(C#N)c(Cl)c1. The summed E-state index contributed by atoms with van der Waals surface area (Å²) in [4.78, 5) is 59.3. The largest absolute Gasteiger partial charge is 0.494 e. The standard InChI is InChI=1S/C42H48ClN7O8S/c1-41(2)39(42(3,4)40(41)58-29-10-8-26(24-44)31(43)22-29)47-36(52)27-9-14-34(45-25-27)49-19-17-48(18-20-49)16-6-5-7-21-57-28-11-12-30-33(23-28)59(55,56)50(38(30)54)32-13-15-35(51)46-37(32)53/h8-12,14,22-23,25,32,39-40H,5-7,13,15-21H2,1-4H3,(H,47,52)(H,46,51,53)/t32-,39?,40?/m1/s1. The van der Waals surface area contributed by atoms with Gasteiger partial charge in [0.05, 0.1) is 28.3 Å². The van der Waals surface area contributed by atoms with Crippen molar-refractivity contribution in [2.45, 2.75) is 82.9 Å². The van der Waals surface area contributed by atoms with Crippen molar-refractivity contribution in [1.82, 2.24) is 24.8 Å². The summed E-state index contributed by atoms with van der Waals surface area (Å²) < 4.78 is 39.3. The number of imide groups is 1. The molecule has 0 unspecified atom stereocenters. The molecular weight excluding hydrogens is 798 g/mol. The van der Waals surface area contributed by atoms with Gasteiger partial charge < -0.3 is 19.7 Å². The molecule has 3 aromatic rings. The summed E-state index contributed by atoms with van der Waals surface area (Å²) in [6.07, 6.45) is 3.94. The quantitative estimate of drug-likeness (QED) is 0.181. The lowest BCUT2D eigenvalue weighted by Gasteiger charge is -2.63. The molecule has 0 spiro atoms. The fourth-order valence-corrected chi connectivity index (χ4v) is 11.0. The maximum atomic E-state index is 13.4. The highest BCUT2D eigenvalue weighted by Gasteiger charge is 2.64. The molecule has 312 valence electrons. The molecule has 3 aliphatic heterocycles. The second-order valence-corrected chi connectivity index (χ2v) is 18.9. The number of carbonyl (C=O) groups excluding carboxylic acids is 4. The average Bonchev–Trinajstić information content (AvgIpc) is 3.40. The number of benzene rings is 2. The molecule has 15 nitrogen and oxygen atoms in total. The number of rotatable bonds is 13. The molecular formula is C42H48ClN7O8S. The number of pyridine rings is 1. The van der Waals surface area contributed by atoms with Crippen LogP contribution in [-0.2, 0) is 19.6 Å². The van der Waals surface area contributed by atoms with Gasteiger partial charge >= 0.3 is 0 Å². The second kappa shape index (κ2) is 16.4. The second-order valence-electron chi connectivity index (χ2n) is 16.7. The first-order valence-electron chi connectivity index (χ1n) is 19.8. The lowest BCUT2D eigenvalue weighted by Crippen LogP contribution is -2.74. The summed E-state index contributed by atoms with van der Waals surface area (Å²) in [6.45, 7) is 12.9. The first-order valence-corrected chi connectivity index (χ1v) is 21.6. The summed E-state index contributed by atoms with van der Waals surface area (Å²) in [5, 5.41) is 14.9. The van der Waals surface area contributed by atoms with E-state index < -0.39 is 33.8 Å². The summed E-state index contributed by atoms with van der Waals surface area (Å²) in [5.41, 5.74) is 0.0832. The first-order chi connectivity index (χ1) is 28.0. The number of aromatic nitrogens is 1. The van der Waals surface area contributed by atoms with E-state index in [0.29, 0.717) is 38.6 Å². The molecule has 4 heterocycles. The third kappa shape index (κ3) is 8.20. The van der Waals surface area contributed by atoms with Gasteiger partial charge in [0.15, 0.2) is 0 Å². The number of piperazine rings is 1. The molecule has 2 N–H and O–H groups in total. The van der Waals surface area contributed by atoms with E-state index in [1.54, 1.807) is 30.5 Å². The number of anilines is 1. The number of nitrogens with zero attached hydrogens (tertiary/aromatic N) is 5. The van der Waals surface area contributed by atoms with Crippen LogP contribution in [-0.4, -0.2) is 104 Å². The van der Waals surface area contributed by atoms with Crippen LogP contribution in [0.15, 0.2) is 59.6 Å². The van der Waals surface area contributed by atoms with Gasteiger partial charge in [-0.15, -0.1) is 0 Å². The van der Waals surface area contributed by atoms with Crippen LogP contribution in [0.3, 0.4) is 0 Å². The molecule has 4 amide bonds. The molecule has 7 rings (SSSR count). The number of hydrogen-bond donors (Lipinski definition) is 2. The van der Waals surface area contributed by atoms with E-state index in [1.807, 2.05) is 12.1 Å². The number of fused-ring (bicyclic) bond motifs is 1. The van der Waals surface area contributed by atoms with Gasteiger partial charge in [0.25, 0.3) is 27.7 Å². The molecule has 0 bridgehead atoms. The van der Waals surface area contributed by atoms with Gasteiger partial charge in [-0.05, 0) is 68.6 Å². The van der Waals surface area contributed by atoms with Crippen molar-refractivity contribution in [2.24, 2.45) is 10.8 Å². The van der Waals surface area contributed by atoms with Gasteiger partial charge in [0.1, 0.15) is 40.4 Å². The van der Waals surface area contributed by atoms with Crippen molar-refractivity contribution in [3.05, 3.63) is 76.4 Å². The Morgan fingerprint density at radius 3 is 2.37 bits per heavy atom. The van der Waals surface area contributed by atoms with Crippen molar-refractivity contribution in [3.8, 4) is 17.6 Å². The van der Waals surface area contributed by atoms with E-state index in [4.69, 9.17) is 21.1 Å². The summed E-state index contributed by atoms with van der Waals surface area (Å²) in [5.74, 6) is -0.559. The lowest BCUT2D eigenvalue weighted by atomic mass is 9.49. The predicted octanol–water partition coefficient (Wildman–Crippen LogP) is 4.54. The highest BCUT2D eigenvalue weighted by atomic mass is 35.5. The fourth-order valence-electron chi connectivity index (χ4n) is 9.05. The van der Waals surface area contributed by atoms with E-state index >= 15 is 0 Å². The van der Waals surface area contributed by atoms with E-state index in [9.17, 15) is 32.9 Å². The Labute approximate surface area is 349 Å². The van der Waals surface area contributed by atoms with Gasteiger partial charge in [-0.1, -0.05) is 39.3 Å².